The molecule has 0 spiro atoms. The lowest BCUT2D eigenvalue weighted by Crippen LogP contribution is -2.30. The van der Waals surface area contributed by atoms with E-state index in [2.05, 4.69) is 19.9 Å². The number of aliphatic hydroxyl groups is 1. The van der Waals surface area contributed by atoms with Gasteiger partial charge in [-0.25, -0.2) is 0 Å². The number of hydrogen-bond donors (Lipinski definition) is 1. The van der Waals surface area contributed by atoms with Gasteiger partial charge in [-0.15, -0.1) is 0 Å². The Labute approximate surface area is 116 Å². The molecule has 106 valence electrons. The Balaban J connectivity index is 1.92. The molecule has 1 saturated carbocycles. The van der Waals surface area contributed by atoms with Crippen molar-refractivity contribution in [1.29, 1.82) is 0 Å². The van der Waals surface area contributed by atoms with Gasteiger partial charge in [-0.05, 0) is 61.1 Å². The summed E-state index contributed by atoms with van der Waals surface area (Å²) < 4.78 is 5.23. The predicted molar refractivity (Wildman–Crippen MR) is 78.4 cm³/mol. The van der Waals surface area contributed by atoms with Crippen molar-refractivity contribution < 1.29 is 9.84 Å². The average Bonchev–Trinajstić information content (AvgIpc) is 2.38. The quantitative estimate of drug-likeness (QED) is 0.894. The molecule has 1 N–H and O–H groups in total. The molecule has 1 aromatic rings. The number of rotatable bonds is 4. The summed E-state index contributed by atoms with van der Waals surface area (Å²) in [6.07, 6.45) is 5.28. The molecule has 0 saturated heterocycles. The highest BCUT2D eigenvalue weighted by molar-refractivity contribution is 5.28. The van der Waals surface area contributed by atoms with Crippen LogP contribution in [-0.2, 0) is 6.42 Å². The molecule has 1 atom stereocenters. The molecule has 0 radical (unpaired) electrons. The Bertz CT molecular complexity index is 401. The SMILES string of the molecule is COc1cccc(CC(O)C2CCC(C)(C)CC2)c1. The van der Waals surface area contributed by atoms with Gasteiger partial charge in [0.15, 0.2) is 0 Å². The van der Waals surface area contributed by atoms with Crippen LogP contribution in [0, 0.1) is 11.3 Å². The van der Waals surface area contributed by atoms with E-state index >= 15 is 0 Å². The lowest BCUT2D eigenvalue weighted by molar-refractivity contribution is 0.0576. The largest absolute Gasteiger partial charge is 0.497 e. The molecule has 2 nitrogen and oxygen atoms in total. The molecule has 0 amide bonds. The van der Waals surface area contributed by atoms with Crippen molar-refractivity contribution in [1.82, 2.24) is 0 Å². The first kappa shape index (κ1) is 14.4. The molecule has 0 bridgehead atoms. The van der Waals surface area contributed by atoms with Gasteiger partial charge in [-0.3, -0.25) is 0 Å². The molecule has 1 aliphatic rings. The van der Waals surface area contributed by atoms with Gasteiger partial charge in [0.05, 0.1) is 13.2 Å². The van der Waals surface area contributed by atoms with E-state index in [1.54, 1.807) is 7.11 Å². The van der Waals surface area contributed by atoms with Crippen molar-refractivity contribution in [2.45, 2.75) is 52.1 Å². The van der Waals surface area contributed by atoms with Crippen LogP contribution in [0.4, 0.5) is 0 Å². The highest BCUT2D eigenvalue weighted by Crippen LogP contribution is 2.39. The van der Waals surface area contributed by atoms with E-state index in [9.17, 15) is 5.11 Å². The maximum atomic E-state index is 10.4. The molecule has 2 rings (SSSR count). The smallest absolute Gasteiger partial charge is 0.119 e. The lowest BCUT2D eigenvalue weighted by atomic mass is 9.71. The van der Waals surface area contributed by atoms with Crippen LogP contribution in [0.3, 0.4) is 0 Å². The van der Waals surface area contributed by atoms with Crippen LogP contribution in [-0.4, -0.2) is 18.3 Å². The second-order valence-corrected chi connectivity index (χ2v) is 6.62. The molecule has 1 fully saturated rings. The first-order chi connectivity index (χ1) is 9.00. The molecule has 19 heavy (non-hydrogen) atoms. The van der Waals surface area contributed by atoms with Crippen LogP contribution in [0.5, 0.6) is 5.75 Å². The van der Waals surface area contributed by atoms with Gasteiger partial charge in [-0.1, -0.05) is 26.0 Å². The minimum Gasteiger partial charge on any atom is -0.497 e. The van der Waals surface area contributed by atoms with E-state index in [-0.39, 0.29) is 6.10 Å². The van der Waals surface area contributed by atoms with Crippen LogP contribution >= 0.6 is 0 Å². The zero-order valence-electron chi connectivity index (χ0n) is 12.4. The van der Waals surface area contributed by atoms with E-state index < -0.39 is 0 Å². The molecule has 2 heteroatoms. The van der Waals surface area contributed by atoms with E-state index in [4.69, 9.17) is 4.74 Å². The van der Waals surface area contributed by atoms with Crippen LogP contribution in [0.15, 0.2) is 24.3 Å². The highest BCUT2D eigenvalue weighted by Gasteiger charge is 2.30. The first-order valence-electron chi connectivity index (χ1n) is 7.31. The van der Waals surface area contributed by atoms with Crippen molar-refractivity contribution in [2.75, 3.05) is 7.11 Å². The summed E-state index contributed by atoms with van der Waals surface area (Å²) >= 11 is 0. The van der Waals surface area contributed by atoms with E-state index in [1.807, 2.05) is 18.2 Å². The van der Waals surface area contributed by atoms with Gasteiger partial charge in [-0.2, -0.15) is 0 Å². The number of hydrogen-bond acceptors (Lipinski definition) is 2. The van der Waals surface area contributed by atoms with E-state index in [1.165, 1.54) is 12.8 Å². The van der Waals surface area contributed by atoms with Crippen molar-refractivity contribution in [2.24, 2.45) is 11.3 Å². The fraction of sp³-hybridized carbons (Fsp3) is 0.647. The monoisotopic (exact) mass is 262 g/mol. The molecule has 1 aromatic carbocycles. The van der Waals surface area contributed by atoms with Crippen LogP contribution in [0.1, 0.15) is 45.1 Å². The summed E-state index contributed by atoms with van der Waals surface area (Å²) in [5, 5.41) is 10.4. The minimum atomic E-state index is -0.219. The summed E-state index contributed by atoms with van der Waals surface area (Å²) in [6, 6.07) is 8.03. The Hall–Kier alpha value is -1.02. The maximum absolute atomic E-state index is 10.4. The third-order valence-electron chi connectivity index (χ3n) is 4.51. The third kappa shape index (κ3) is 3.97. The topological polar surface area (TPSA) is 29.5 Å². The van der Waals surface area contributed by atoms with Crippen molar-refractivity contribution in [3.8, 4) is 5.75 Å². The fourth-order valence-electron chi connectivity index (χ4n) is 3.01. The van der Waals surface area contributed by atoms with Gasteiger partial charge in [0.25, 0.3) is 0 Å². The maximum Gasteiger partial charge on any atom is 0.119 e. The number of benzene rings is 1. The van der Waals surface area contributed by atoms with E-state index in [0.717, 1.165) is 30.6 Å². The fourth-order valence-corrected chi connectivity index (χ4v) is 3.01. The molecular formula is C17H26O2. The summed E-state index contributed by atoms with van der Waals surface area (Å²) in [6.45, 7) is 4.66. The second-order valence-electron chi connectivity index (χ2n) is 6.62. The average molecular weight is 262 g/mol. The predicted octanol–water partition coefficient (Wildman–Crippen LogP) is 3.82. The van der Waals surface area contributed by atoms with Crippen molar-refractivity contribution >= 4 is 0 Å². The molecule has 0 aliphatic heterocycles. The zero-order chi connectivity index (χ0) is 13.9. The minimum absolute atomic E-state index is 0.219. The molecule has 1 aliphatic carbocycles. The van der Waals surface area contributed by atoms with Crippen molar-refractivity contribution in [3.05, 3.63) is 29.8 Å². The van der Waals surface area contributed by atoms with Gasteiger partial charge in [0.2, 0.25) is 0 Å². The van der Waals surface area contributed by atoms with Gasteiger partial charge >= 0.3 is 0 Å². The number of aliphatic hydroxyl groups excluding tert-OH is 1. The number of ether oxygens (including phenoxy) is 1. The second kappa shape index (κ2) is 5.96. The van der Waals surface area contributed by atoms with Gasteiger partial charge in [0, 0.05) is 0 Å². The Morgan fingerprint density at radius 1 is 1.32 bits per heavy atom. The number of methoxy groups -OCH3 is 1. The molecule has 0 heterocycles. The third-order valence-corrected chi connectivity index (χ3v) is 4.51. The Morgan fingerprint density at radius 3 is 2.63 bits per heavy atom. The summed E-state index contributed by atoms with van der Waals surface area (Å²) in [5.74, 6) is 1.33. The van der Waals surface area contributed by atoms with Crippen LogP contribution < -0.4 is 4.74 Å². The van der Waals surface area contributed by atoms with E-state index in [0.29, 0.717) is 11.3 Å². The zero-order valence-corrected chi connectivity index (χ0v) is 12.4. The van der Waals surface area contributed by atoms with Gasteiger partial charge < -0.3 is 9.84 Å². The summed E-state index contributed by atoms with van der Waals surface area (Å²) in [5.41, 5.74) is 1.63. The summed E-state index contributed by atoms with van der Waals surface area (Å²) in [4.78, 5) is 0. The highest BCUT2D eigenvalue weighted by atomic mass is 16.5. The van der Waals surface area contributed by atoms with Crippen LogP contribution in [0.2, 0.25) is 0 Å². The Kier molecular flexibility index (Phi) is 4.51. The first-order valence-corrected chi connectivity index (χ1v) is 7.31. The molecule has 1 unspecified atom stereocenters. The summed E-state index contributed by atoms with van der Waals surface area (Å²) in [7, 11) is 1.68. The van der Waals surface area contributed by atoms with Crippen LogP contribution in [0.25, 0.3) is 0 Å². The Morgan fingerprint density at radius 2 is 2.00 bits per heavy atom. The standard InChI is InChI=1S/C17H26O2/c1-17(2)9-7-14(8-10-17)16(18)12-13-5-4-6-15(11-13)19-3/h4-6,11,14,16,18H,7-10,12H2,1-3H3. The lowest BCUT2D eigenvalue weighted by Gasteiger charge is -2.36. The van der Waals surface area contributed by atoms with Crippen molar-refractivity contribution in [3.63, 3.8) is 0 Å². The normalized spacial score (nSPS) is 21.1. The molecule has 0 aromatic heterocycles. The molecular weight excluding hydrogens is 236 g/mol. The van der Waals surface area contributed by atoms with Gasteiger partial charge in [0.1, 0.15) is 5.75 Å².